The molecule has 0 saturated carbocycles. The van der Waals surface area contributed by atoms with E-state index in [4.69, 9.17) is 9.84 Å². The molecular formula is C14H21NO5S. The second-order valence-corrected chi connectivity index (χ2v) is 6.85. The lowest BCUT2D eigenvalue weighted by Crippen LogP contribution is -2.27. The van der Waals surface area contributed by atoms with Gasteiger partial charge >= 0.3 is 5.97 Å². The van der Waals surface area contributed by atoms with Gasteiger partial charge in [0.05, 0.1) is 17.9 Å². The van der Waals surface area contributed by atoms with Crippen molar-refractivity contribution in [2.45, 2.75) is 25.2 Å². The van der Waals surface area contributed by atoms with Gasteiger partial charge in [0.1, 0.15) is 0 Å². The van der Waals surface area contributed by atoms with Crippen LogP contribution in [0.1, 0.15) is 19.4 Å². The number of aliphatic carboxylic acids is 1. The summed E-state index contributed by atoms with van der Waals surface area (Å²) in [4.78, 5) is 10.7. The van der Waals surface area contributed by atoms with Crippen molar-refractivity contribution in [2.24, 2.45) is 5.92 Å². The summed E-state index contributed by atoms with van der Waals surface area (Å²) in [6.45, 7) is 5.14. The van der Waals surface area contributed by atoms with Crippen molar-refractivity contribution in [2.75, 3.05) is 19.8 Å². The highest BCUT2D eigenvalue weighted by atomic mass is 32.2. The van der Waals surface area contributed by atoms with E-state index < -0.39 is 16.0 Å². The number of ether oxygens (including phenoxy) is 1. The van der Waals surface area contributed by atoms with Crippen LogP contribution in [0.3, 0.4) is 0 Å². The topological polar surface area (TPSA) is 92.7 Å². The smallest absolute Gasteiger partial charge is 0.307 e. The summed E-state index contributed by atoms with van der Waals surface area (Å²) in [5, 5.41) is 8.66. The highest BCUT2D eigenvalue weighted by Crippen LogP contribution is 2.10. The standard InChI is InChI=1S/C14H21NO5S/c1-11(2)10-20-8-7-15-21(18,19)13-5-3-12(4-6-13)9-14(16)17/h3-6,11,15H,7-10H2,1-2H3,(H,16,17). The molecule has 0 aromatic heterocycles. The molecule has 1 aromatic rings. The molecule has 1 rings (SSSR count). The number of hydrogen-bond donors (Lipinski definition) is 2. The zero-order valence-electron chi connectivity index (χ0n) is 12.2. The minimum absolute atomic E-state index is 0.112. The van der Waals surface area contributed by atoms with Gasteiger partial charge in [-0.2, -0.15) is 0 Å². The maximum absolute atomic E-state index is 12.0. The molecule has 0 fully saturated rings. The zero-order valence-corrected chi connectivity index (χ0v) is 13.0. The van der Waals surface area contributed by atoms with Crippen LogP contribution in [-0.4, -0.2) is 39.3 Å². The Morgan fingerprint density at radius 1 is 1.29 bits per heavy atom. The van der Waals surface area contributed by atoms with E-state index in [9.17, 15) is 13.2 Å². The predicted molar refractivity (Wildman–Crippen MR) is 78.6 cm³/mol. The number of carbonyl (C=O) groups is 1. The van der Waals surface area contributed by atoms with E-state index in [0.717, 1.165) is 0 Å². The Balaban J connectivity index is 2.52. The van der Waals surface area contributed by atoms with Gasteiger partial charge in [-0.25, -0.2) is 13.1 Å². The molecule has 7 heteroatoms. The molecule has 0 atom stereocenters. The molecule has 0 heterocycles. The van der Waals surface area contributed by atoms with E-state index in [2.05, 4.69) is 4.72 Å². The summed E-state index contributed by atoms with van der Waals surface area (Å²) in [5.74, 6) is -0.547. The minimum Gasteiger partial charge on any atom is -0.481 e. The summed E-state index contributed by atoms with van der Waals surface area (Å²) in [5.41, 5.74) is 0.557. The Morgan fingerprint density at radius 2 is 1.90 bits per heavy atom. The normalized spacial score (nSPS) is 11.8. The van der Waals surface area contributed by atoms with Gasteiger partial charge in [0.15, 0.2) is 0 Å². The van der Waals surface area contributed by atoms with E-state index >= 15 is 0 Å². The number of hydrogen-bond acceptors (Lipinski definition) is 4. The fourth-order valence-corrected chi connectivity index (χ4v) is 2.62. The van der Waals surface area contributed by atoms with Gasteiger partial charge in [0, 0.05) is 13.2 Å². The first-order chi connectivity index (χ1) is 9.81. The SMILES string of the molecule is CC(C)COCCNS(=O)(=O)c1ccc(CC(=O)O)cc1. The molecule has 1 aromatic carbocycles. The molecule has 0 radical (unpaired) electrons. The highest BCUT2D eigenvalue weighted by Gasteiger charge is 2.13. The molecule has 0 aliphatic heterocycles. The molecule has 21 heavy (non-hydrogen) atoms. The van der Waals surface area contributed by atoms with Crippen LogP contribution in [0.15, 0.2) is 29.2 Å². The van der Waals surface area contributed by atoms with Gasteiger partial charge in [0.2, 0.25) is 10.0 Å². The minimum atomic E-state index is -3.58. The van der Waals surface area contributed by atoms with Gasteiger partial charge in [-0.1, -0.05) is 26.0 Å². The van der Waals surface area contributed by atoms with E-state index in [1.807, 2.05) is 13.8 Å². The van der Waals surface area contributed by atoms with Gasteiger partial charge in [-0.15, -0.1) is 0 Å². The Kier molecular flexibility index (Phi) is 6.80. The maximum atomic E-state index is 12.0. The lowest BCUT2D eigenvalue weighted by atomic mass is 10.2. The number of rotatable bonds is 9. The molecule has 0 bridgehead atoms. The van der Waals surface area contributed by atoms with Crippen LogP contribution in [0.5, 0.6) is 0 Å². The molecule has 0 aliphatic rings. The monoisotopic (exact) mass is 315 g/mol. The first-order valence-electron chi connectivity index (χ1n) is 6.69. The van der Waals surface area contributed by atoms with Crippen molar-refractivity contribution in [1.29, 1.82) is 0 Å². The fourth-order valence-electron chi connectivity index (χ4n) is 1.61. The van der Waals surface area contributed by atoms with Crippen molar-refractivity contribution in [3.05, 3.63) is 29.8 Å². The van der Waals surface area contributed by atoms with Gasteiger partial charge < -0.3 is 9.84 Å². The molecule has 0 spiro atoms. The number of nitrogens with one attached hydrogen (secondary N) is 1. The van der Waals surface area contributed by atoms with Gasteiger partial charge in [-0.3, -0.25) is 4.79 Å². The fraction of sp³-hybridized carbons (Fsp3) is 0.500. The molecule has 0 unspecified atom stereocenters. The Hall–Kier alpha value is -1.44. The van der Waals surface area contributed by atoms with E-state index in [-0.39, 0.29) is 17.9 Å². The predicted octanol–water partition coefficient (Wildman–Crippen LogP) is 1.26. The molecule has 0 amide bonds. The van der Waals surface area contributed by atoms with E-state index in [0.29, 0.717) is 24.7 Å². The summed E-state index contributed by atoms with van der Waals surface area (Å²) in [6.07, 6.45) is -0.128. The second kappa shape index (κ2) is 8.11. The highest BCUT2D eigenvalue weighted by molar-refractivity contribution is 7.89. The van der Waals surface area contributed by atoms with Crippen LogP contribution < -0.4 is 4.72 Å². The lowest BCUT2D eigenvalue weighted by molar-refractivity contribution is -0.136. The van der Waals surface area contributed by atoms with Gasteiger partial charge in [-0.05, 0) is 23.6 Å². The number of carboxylic acid groups (broad SMARTS) is 1. The third-order valence-electron chi connectivity index (χ3n) is 2.58. The van der Waals surface area contributed by atoms with Crippen LogP contribution in [-0.2, 0) is 26.0 Å². The maximum Gasteiger partial charge on any atom is 0.307 e. The Bertz CT molecular complexity index is 551. The zero-order chi connectivity index (χ0) is 15.9. The van der Waals surface area contributed by atoms with Crippen LogP contribution >= 0.6 is 0 Å². The average Bonchev–Trinajstić information content (AvgIpc) is 2.37. The van der Waals surface area contributed by atoms with Crippen molar-refractivity contribution < 1.29 is 23.1 Å². The molecule has 118 valence electrons. The van der Waals surface area contributed by atoms with Crippen LogP contribution in [0.4, 0.5) is 0 Å². The average molecular weight is 315 g/mol. The Labute approximate surface area is 125 Å². The molecule has 2 N–H and O–H groups in total. The van der Waals surface area contributed by atoms with Crippen molar-refractivity contribution in [3.8, 4) is 0 Å². The molecule has 0 aliphatic carbocycles. The quantitative estimate of drug-likeness (QED) is 0.669. The van der Waals surface area contributed by atoms with Crippen molar-refractivity contribution >= 4 is 16.0 Å². The van der Waals surface area contributed by atoms with Crippen molar-refractivity contribution in [1.82, 2.24) is 4.72 Å². The van der Waals surface area contributed by atoms with Crippen molar-refractivity contribution in [3.63, 3.8) is 0 Å². The third-order valence-corrected chi connectivity index (χ3v) is 4.06. The summed E-state index contributed by atoms with van der Waals surface area (Å²) >= 11 is 0. The van der Waals surface area contributed by atoms with E-state index in [1.54, 1.807) is 0 Å². The summed E-state index contributed by atoms with van der Waals surface area (Å²) in [7, 11) is -3.58. The Morgan fingerprint density at radius 3 is 2.43 bits per heavy atom. The van der Waals surface area contributed by atoms with Crippen LogP contribution in [0.2, 0.25) is 0 Å². The number of benzene rings is 1. The summed E-state index contributed by atoms with van der Waals surface area (Å²) < 4.78 is 31.7. The molecular weight excluding hydrogens is 294 g/mol. The lowest BCUT2D eigenvalue weighted by Gasteiger charge is -2.09. The van der Waals surface area contributed by atoms with Gasteiger partial charge in [0.25, 0.3) is 0 Å². The first-order valence-corrected chi connectivity index (χ1v) is 8.17. The molecule has 0 saturated heterocycles. The number of sulfonamides is 1. The van der Waals surface area contributed by atoms with Crippen LogP contribution in [0, 0.1) is 5.92 Å². The van der Waals surface area contributed by atoms with E-state index in [1.165, 1.54) is 24.3 Å². The summed E-state index contributed by atoms with van der Waals surface area (Å²) in [6, 6.07) is 5.79. The second-order valence-electron chi connectivity index (χ2n) is 5.08. The largest absolute Gasteiger partial charge is 0.481 e. The molecule has 6 nitrogen and oxygen atoms in total. The first kappa shape index (κ1) is 17.6. The number of carboxylic acids is 1. The van der Waals surface area contributed by atoms with Crippen LogP contribution in [0.25, 0.3) is 0 Å². The third kappa shape index (κ3) is 6.70.